The number of esters is 2. The number of methoxy groups -OCH3 is 4. The molecular weight excluding hydrogens is 602 g/mol. The van der Waals surface area contributed by atoms with E-state index in [1.54, 1.807) is 42.3 Å². The summed E-state index contributed by atoms with van der Waals surface area (Å²) in [6.45, 7) is 1.44. The van der Waals surface area contributed by atoms with Crippen molar-refractivity contribution >= 4 is 18.3 Å². The first-order chi connectivity index (χ1) is 22.0. The third-order valence-corrected chi connectivity index (χ3v) is 12.8. The van der Waals surface area contributed by atoms with Crippen molar-refractivity contribution in [2.24, 2.45) is 34.5 Å². The number of benzene rings is 1. The molecule has 1 spiro atoms. The Bertz CT molecular complexity index is 1400. The molecule has 1 aromatic rings. The van der Waals surface area contributed by atoms with Crippen molar-refractivity contribution < 1.29 is 58.1 Å². The third-order valence-electron chi connectivity index (χ3n) is 12.8. The van der Waals surface area contributed by atoms with Gasteiger partial charge in [0, 0.05) is 83.0 Å². The fraction of sp³-hybridized carbons (Fsp3) is 0.727. The monoisotopic (exact) mass is 645 g/mol. The maximum Gasteiger partial charge on any atom is 0.338 e. The van der Waals surface area contributed by atoms with E-state index in [9.17, 15) is 29.7 Å². The summed E-state index contributed by atoms with van der Waals surface area (Å²) in [5.41, 5.74) is -5.54. The van der Waals surface area contributed by atoms with E-state index < -0.39 is 100 Å². The summed E-state index contributed by atoms with van der Waals surface area (Å²) >= 11 is 0. The molecule has 1 aliphatic heterocycles. The highest BCUT2D eigenvalue weighted by molar-refractivity contribution is 5.89. The standard InChI is InChI=1S/C33H43NO12/c1-16(36)46-33-21-18(12-31(40,28(44-5)26(33)38)27(21)45-29(39)17-9-7-6-8-10-17)32-20(42-3)11-19(37)30(14-41-2)13-34(15-35)25(32)22(33)23(43-4)24(30)32/h6-10,15,18-28,37-38,40H,11-14H2,1-5H3/t18-,19+,20-,21-,22-,23+,24-,25+,26+,27+,28-,30-,31+,32+,33-/m1/s1. The third kappa shape index (κ3) is 3.52. The number of likely N-dealkylation sites (tertiary alicyclic amines) is 1. The van der Waals surface area contributed by atoms with Gasteiger partial charge in [0.25, 0.3) is 0 Å². The Hall–Kier alpha value is -2.65. The van der Waals surface area contributed by atoms with Crippen LogP contribution in [0.25, 0.3) is 0 Å². The van der Waals surface area contributed by atoms with Gasteiger partial charge in [-0.25, -0.2) is 4.79 Å². The maximum atomic E-state index is 13.7. The smallest absolute Gasteiger partial charge is 0.338 e. The molecule has 0 aromatic heterocycles. The molecule has 13 nitrogen and oxygen atoms in total. The predicted molar refractivity (Wildman–Crippen MR) is 156 cm³/mol. The topological polar surface area (TPSA) is 171 Å². The summed E-state index contributed by atoms with van der Waals surface area (Å²) in [6, 6.07) is 7.64. The first-order valence-corrected chi connectivity index (χ1v) is 15.8. The molecule has 1 amide bonds. The van der Waals surface area contributed by atoms with E-state index in [-0.39, 0.29) is 31.6 Å². The quantitative estimate of drug-likeness (QED) is 0.239. The van der Waals surface area contributed by atoms with Crippen LogP contribution in [0.5, 0.6) is 0 Å². The SMILES string of the molecule is COC[C@@]12CN(C=O)[C@H]3[C@H]4[C@H](OC)[C@H]1[C@]3([C@@H]1C[C@@]3(O)[C@H](OC)[C@H](O)[C@@]4(OC(C)=O)[C@H]1[C@@H]3OC(=O)c1ccccc1)[C@H](OC)C[C@@H]2O. The predicted octanol–water partition coefficient (Wildman–Crippen LogP) is -0.215. The molecule has 0 unspecified atom stereocenters. The first-order valence-electron chi connectivity index (χ1n) is 15.8. The molecule has 15 atom stereocenters. The summed E-state index contributed by atoms with van der Waals surface area (Å²) in [7, 11) is 5.95. The van der Waals surface area contributed by atoms with E-state index in [1.807, 2.05) is 0 Å². The number of ether oxygens (including phenoxy) is 6. The minimum Gasteiger partial charge on any atom is -0.455 e. The molecule has 6 aliphatic rings. The molecule has 46 heavy (non-hydrogen) atoms. The Balaban J connectivity index is 1.53. The van der Waals surface area contributed by atoms with Crippen LogP contribution in [0.15, 0.2) is 30.3 Å². The van der Waals surface area contributed by atoms with E-state index in [2.05, 4.69) is 0 Å². The number of carbonyl (C=O) groups is 3. The van der Waals surface area contributed by atoms with Crippen molar-refractivity contribution in [1.29, 1.82) is 0 Å². The number of nitrogens with zero attached hydrogens (tertiary/aromatic N) is 1. The first kappa shape index (κ1) is 31.9. The summed E-state index contributed by atoms with van der Waals surface area (Å²) < 4.78 is 36.8. The second-order valence-electron chi connectivity index (χ2n) is 14.1. The molecule has 5 saturated carbocycles. The van der Waals surface area contributed by atoms with E-state index in [1.165, 1.54) is 28.3 Å². The van der Waals surface area contributed by atoms with Crippen LogP contribution in [0.1, 0.15) is 30.1 Å². The van der Waals surface area contributed by atoms with Crippen LogP contribution >= 0.6 is 0 Å². The Kier molecular flexibility index (Phi) is 7.41. The summed E-state index contributed by atoms with van der Waals surface area (Å²) in [5, 5.41) is 37.0. The molecule has 7 bridgehead atoms. The number of piperidine rings is 1. The molecule has 13 heteroatoms. The molecule has 1 saturated heterocycles. The fourth-order valence-corrected chi connectivity index (χ4v) is 12.0. The van der Waals surface area contributed by atoms with Gasteiger partial charge in [0.2, 0.25) is 6.41 Å². The Morgan fingerprint density at radius 1 is 1.02 bits per heavy atom. The van der Waals surface area contributed by atoms with Gasteiger partial charge in [-0.15, -0.1) is 0 Å². The van der Waals surface area contributed by atoms with Crippen LogP contribution in [0.4, 0.5) is 0 Å². The van der Waals surface area contributed by atoms with Crippen molar-refractivity contribution in [3.8, 4) is 0 Å². The van der Waals surface area contributed by atoms with Crippen molar-refractivity contribution in [3.63, 3.8) is 0 Å². The fourth-order valence-electron chi connectivity index (χ4n) is 12.0. The number of aliphatic hydroxyl groups is 3. The average molecular weight is 646 g/mol. The van der Waals surface area contributed by atoms with Gasteiger partial charge in [0.1, 0.15) is 23.9 Å². The van der Waals surface area contributed by atoms with Gasteiger partial charge in [-0.3, -0.25) is 9.59 Å². The number of amides is 1. The van der Waals surface area contributed by atoms with Crippen molar-refractivity contribution in [3.05, 3.63) is 35.9 Å². The zero-order valence-corrected chi connectivity index (χ0v) is 26.6. The van der Waals surface area contributed by atoms with Crippen molar-refractivity contribution in [1.82, 2.24) is 4.90 Å². The lowest BCUT2D eigenvalue weighted by Gasteiger charge is -2.69. The molecular formula is C33H43NO12. The highest BCUT2D eigenvalue weighted by Gasteiger charge is 2.92. The van der Waals surface area contributed by atoms with Crippen molar-refractivity contribution in [2.75, 3.05) is 41.6 Å². The van der Waals surface area contributed by atoms with E-state index in [0.29, 0.717) is 0 Å². The Morgan fingerprint density at radius 3 is 2.33 bits per heavy atom. The van der Waals surface area contributed by atoms with Crippen LogP contribution in [-0.2, 0) is 38.0 Å². The highest BCUT2D eigenvalue weighted by Crippen LogP contribution is 2.80. The van der Waals surface area contributed by atoms with Crippen LogP contribution in [0, 0.1) is 34.5 Å². The van der Waals surface area contributed by atoms with Gasteiger partial charge in [0.15, 0.2) is 5.60 Å². The van der Waals surface area contributed by atoms with Crippen LogP contribution < -0.4 is 0 Å². The average Bonchev–Trinajstić information content (AvgIpc) is 3.41. The molecule has 1 heterocycles. The lowest BCUT2D eigenvalue weighted by atomic mass is 9.42. The van der Waals surface area contributed by atoms with Gasteiger partial charge < -0.3 is 48.6 Å². The second-order valence-corrected chi connectivity index (χ2v) is 14.1. The zero-order chi connectivity index (χ0) is 33.0. The van der Waals surface area contributed by atoms with Crippen LogP contribution in [0.2, 0.25) is 0 Å². The largest absolute Gasteiger partial charge is 0.455 e. The van der Waals surface area contributed by atoms with E-state index in [0.717, 1.165) is 6.41 Å². The number of hydrogen-bond acceptors (Lipinski definition) is 12. The minimum atomic E-state index is -1.92. The zero-order valence-electron chi connectivity index (χ0n) is 26.6. The summed E-state index contributed by atoms with van der Waals surface area (Å²) in [5.74, 6) is -4.46. The highest BCUT2D eigenvalue weighted by atomic mass is 16.6. The number of carbonyl (C=O) groups excluding carboxylic acids is 3. The Labute approximate surface area is 267 Å². The molecule has 7 rings (SSSR count). The van der Waals surface area contributed by atoms with E-state index >= 15 is 0 Å². The summed E-state index contributed by atoms with van der Waals surface area (Å²) in [4.78, 5) is 41.6. The van der Waals surface area contributed by atoms with Gasteiger partial charge in [-0.1, -0.05) is 18.2 Å². The maximum absolute atomic E-state index is 13.7. The normalized spacial score (nSPS) is 49.4. The minimum absolute atomic E-state index is 0.0369. The number of fused-ring (bicyclic) bond motifs is 2. The van der Waals surface area contributed by atoms with Gasteiger partial charge in [-0.2, -0.15) is 0 Å². The molecule has 0 radical (unpaired) electrons. The number of aliphatic hydroxyl groups excluding tert-OH is 2. The number of hydrogen-bond donors (Lipinski definition) is 3. The number of rotatable bonds is 9. The molecule has 5 aliphatic carbocycles. The van der Waals surface area contributed by atoms with E-state index in [4.69, 9.17) is 28.4 Å². The second kappa shape index (κ2) is 10.7. The molecule has 3 N–H and O–H groups in total. The molecule has 6 fully saturated rings. The lowest BCUT2D eigenvalue weighted by Crippen LogP contribution is -2.81. The summed E-state index contributed by atoms with van der Waals surface area (Å²) in [6.07, 6.45) is -5.77. The van der Waals surface area contributed by atoms with Crippen LogP contribution in [-0.4, -0.2) is 134 Å². The van der Waals surface area contributed by atoms with Crippen molar-refractivity contribution in [2.45, 2.75) is 73.6 Å². The van der Waals surface area contributed by atoms with Gasteiger partial charge >= 0.3 is 11.9 Å². The van der Waals surface area contributed by atoms with Gasteiger partial charge in [-0.05, 0) is 24.5 Å². The lowest BCUT2D eigenvalue weighted by molar-refractivity contribution is -0.319. The molecule has 1 aromatic carbocycles. The Morgan fingerprint density at radius 2 is 1.74 bits per heavy atom. The van der Waals surface area contributed by atoms with Crippen LogP contribution in [0.3, 0.4) is 0 Å². The van der Waals surface area contributed by atoms with Gasteiger partial charge in [0.05, 0.1) is 30.5 Å². The molecule has 252 valence electrons.